The second-order valence-electron chi connectivity index (χ2n) is 3.50. The van der Waals surface area contributed by atoms with Gasteiger partial charge in [-0.1, -0.05) is 35.7 Å². The predicted octanol–water partition coefficient (Wildman–Crippen LogP) is 4.93. The summed E-state index contributed by atoms with van der Waals surface area (Å²) >= 11 is 9.79. The fraction of sp³-hybridized carbons (Fsp3) is 0.500. The summed E-state index contributed by atoms with van der Waals surface area (Å²) in [4.78, 5) is 0. The first-order valence-corrected chi connectivity index (χ1v) is 6.39. The van der Waals surface area contributed by atoms with Crippen LogP contribution in [0.1, 0.15) is 37.1 Å². The van der Waals surface area contributed by atoms with Crippen LogP contribution in [0.15, 0.2) is 22.7 Å². The maximum absolute atomic E-state index is 6.34. The smallest absolute Gasteiger partial charge is 0.123 e. The van der Waals surface area contributed by atoms with E-state index in [1.807, 2.05) is 18.2 Å². The minimum Gasteiger partial charge on any atom is -0.496 e. The lowest BCUT2D eigenvalue weighted by Gasteiger charge is -2.14. The maximum Gasteiger partial charge on any atom is 0.123 e. The number of hydrogen-bond acceptors (Lipinski definition) is 1. The fourth-order valence-electron chi connectivity index (χ4n) is 1.49. The summed E-state index contributed by atoms with van der Waals surface area (Å²) in [5, 5.41) is 0.0393. The predicted molar refractivity (Wildman–Crippen MR) is 68.8 cm³/mol. The monoisotopic (exact) mass is 290 g/mol. The Bertz CT molecular complexity index is 314. The van der Waals surface area contributed by atoms with Gasteiger partial charge in [0.15, 0.2) is 0 Å². The molecule has 0 fully saturated rings. The van der Waals surface area contributed by atoms with E-state index in [0.717, 1.165) is 28.6 Å². The molecule has 0 spiro atoms. The van der Waals surface area contributed by atoms with Gasteiger partial charge in [-0.3, -0.25) is 0 Å². The molecular formula is C12H16BrClO. The zero-order valence-electron chi connectivity index (χ0n) is 9.09. The zero-order chi connectivity index (χ0) is 11.3. The first kappa shape index (κ1) is 12.9. The van der Waals surface area contributed by atoms with E-state index in [1.54, 1.807) is 7.11 Å². The molecule has 1 unspecified atom stereocenters. The second-order valence-corrected chi connectivity index (χ2v) is 4.94. The van der Waals surface area contributed by atoms with E-state index < -0.39 is 0 Å². The molecule has 0 amide bonds. The number of ether oxygens (including phenoxy) is 1. The number of hydrogen-bond donors (Lipinski definition) is 0. The Kier molecular flexibility index (Phi) is 5.48. The van der Waals surface area contributed by atoms with Gasteiger partial charge in [-0.2, -0.15) is 0 Å². The van der Waals surface area contributed by atoms with Crippen LogP contribution in [0.2, 0.25) is 0 Å². The first-order chi connectivity index (χ1) is 7.19. The van der Waals surface area contributed by atoms with E-state index >= 15 is 0 Å². The molecule has 0 bridgehead atoms. The molecule has 0 aliphatic carbocycles. The van der Waals surface area contributed by atoms with Crippen molar-refractivity contribution in [3.8, 4) is 5.75 Å². The molecule has 15 heavy (non-hydrogen) atoms. The van der Waals surface area contributed by atoms with Crippen LogP contribution in [0.25, 0.3) is 0 Å². The van der Waals surface area contributed by atoms with Gasteiger partial charge in [0.05, 0.1) is 12.5 Å². The van der Waals surface area contributed by atoms with Gasteiger partial charge in [0.2, 0.25) is 0 Å². The molecule has 0 N–H and O–H groups in total. The average molecular weight is 292 g/mol. The van der Waals surface area contributed by atoms with Crippen molar-refractivity contribution in [1.29, 1.82) is 0 Å². The van der Waals surface area contributed by atoms with Crippen LogP contribution in [0.3, 0.4) is 0 Å². The largest absolute Gasteiger partial charge is 0.496 e. The average Bonchev–Trinajstić information content (AvgIpc) is 2.25. The standard InChI is InChI=1S/C12H16BrClO/c1-3-4-5-11(14)10-8-9(13)6-7-12(10)15-2/h6-8,11H,3-5H2,1-2H3. The minimum absolute atomic E-state index is 0.0393. The van der Waals surface area contributed by atoms with Crippen LogP contribution in [0.5, 0.6) is 5.75 Å². The lowest BCUT2D eigenvalue weighted by molar-refractivity contribution is 0.408. The van der Waals surface area contributed by atoms with E-state index in [1.165, 1.54) is 6.42 Å². The molecule has 1 aromatic rings. The van der Waals surface area contributed by atoms with E-state index in [-0.39, 0.29) is 5.38 Å². The fourth-order valence-corrected chi connectivity index (χ4v) is 2.19. The molecule has 1 nitrogen and oxygen atoms in total. The van der Waals surface area contributed by atoms with Crippen LogP contribution < -0.4 is 4.74 Å². The molecule has 1 atom stereocenters. The van der Waals surface area contributed by atoms with Crippen molar-refractivity contribution in [2.75, 3.05) is 7.11 Å². The number of unbranched alkanes of at least 4 members (excludes halogenated alkanes) is 1. The van der Waals surface area contributed by atoms with Gasteiger partial charge < -0.3 is 4.74 Å². The minimum atomic E-state index is 0.0393. The Morgan fingerprint density at radius 3 is 2.80 bits per heavy atom. The molecule has 0 saturated carbocycles. The highest BCUT2D eigenvalue weighted by Gasteiger charge is 2.13. The summed E-state index contributed by atoms with van der Waals surface area (Å²) in [7, 11) is 1.68. The van der Waals surface area contributed by atoms with E-state index in [4.69, 9.17) is 16.3 Å². The third-order valence-electron chi connectivity index (χ3n) is 2.34. The highest BCUT2D eigenvalue weighted by Crippen LogP contribution is 2.35. The summed E-state index contributed by atoms with van der Waals surface area (Å²) in [6.07, 6.45) is 3.30. The van der Waals surface area contributed by atoms with Crippen molar-refractivity contribution in [3.63, 3.8) is 0 Å². The number of rotatable bonds is 5. The summed E-state index contributed by atoms with van der Waals surface area (Å²) in [5.74, 6) is 0.870. The summed E-state index contributed by atoms with van der Waals surface area (Å²) < 4.78 is 6.34. The Hall–Kier alpha value is -0.210. The summed E-state index contributed by atoms with van der Waals surface area (Å²) in [5.41, 5.74) is 1.07. The van der Waals surface area contributed by atoms with Gasteiger partial charge in [0.1, 0.15) is 5.75 Å². The topological polar surface area (TPSA) is 9.23 Å². The van der Waals surface area contributed by atoms with Crippen LogP contribution in [-0.2, 0) is 0 Å². The second kappa shape index (κ2) is 6.39. The van der Waals surface area contributed by atoms with Crippen molar-refractivity contribution >= 4 is 27.5 Å². The number of alkyl halides is 1. The van der Waals surface area contributed by atoms with E-state index in [2.05, 4.69) is 22.9 Å². The van der Waals surface area contributed by atoms with Crippen LogP contribution in [0, 0.1) is 0 Å². The Morgan fingerprint density at radius 1 is 1.47 bits per heavy atom. The molecule has 0 radical (unpaired) electrons. The number of halogens is 2. The van der Waals surface area contributed by atoms with Gasteiger partial charge >= 0.3 is 0 Å². The van der Waals surface area contributed by atoms with Crippen molar-refractivity contribution in [3.05, 3.63) is 28.2 Å². The molecule has 84 valence electrons. The normalized spacial score (nSPS) is 12.5. The molecule has 0 aliphatic rings. The summed E-state index contributed by atoms with van der Waals surface area (Å²) in [6, 6.07) is 5.94. The quantitative estimate of drug-likeness (QED) is 0.699. The first-order valence-electron chi connectivity index (χ1n) is 5.16. The van der Waals surface area contributed by atoms with Gasteiger partial charge in [0.25, 0.3) is 0 Å². The van der Waals surface area contributed by atoms with Crippen LogP contribution in [-0.4, -0.2) is 7.11 Å². The van der Waals surface area contributed by atoms with Gasteiger partial charge in [-0.15, -0.1) is 11.6 Å². The van der Waals surface area contributed by atoms with Crippen molar-refractivity contribution in [1.82, 2.24) is 0 Å². The molecule has 1 rings (SSSR count). The number of methoxy groups -OCH3 is 1. The third-order valence-corrected chi connectivity index (χ3v) is 3.29. The lowest BCUT2D eigenvalue weighted by atomic mass is 10.1. The Balaban J connectivity index is 2.85. The molecule has 0 heterocycles. The molecule has 3 heteroatoms. The maximum atomic E-state index is 6.34. The lowest BCUT2D eigenvalue weighted by Crippen LogP contribution is -1.95. The molecule has 0 saturated heterocycles. The van der Waals surface area contributed by atoms with Crippen LogP contribution >= 0.6 is 27.5 Å². The van der Waals surface area contributed by atoms with Crippen LogP contribution in [0.4, 0.5) is 0 Å². The van der Waals surface area contributed by atoms with E-state index in [0.29, 0.717) is 0 Å². The molecule has 1 aromatic carbocycles. The van der Waals surface area contributed by atoms with E-state index in [9.17, 15) is 0 Å². The van der Waals surface area contributed by atoms with Crippen molar-refractivity contribution in [2.45, 2.75) is 31.6 Å². The van der Waals surface area contributed by atoms with Crippen molar-refractivity contribution in [2.24, 2.45) is 0 Å². The highest BCUT2D eigenvalue weighted by atomic mass is 79.9. The highest BCUT2D eigenvalue weighted by molar-refractivity contribution is 9.10. The number of benzene rings is 1. The van der Waals surface area contributed by atoms with Gasteiger partial charge in [-0.25, -0.2) is 0 Å². The zero-order valence-corrected chi connectivity index (χ0v) is 11.4. The van der Waals surface area contributed by atoms with Gasteiger partial charge in [-0.05, 0) is 24.6 Å². The molecule has 0 aliphatic heterocycles. The summed E-state index contributed by atoms with van der Waals surface area (Å²) in [6.45, 7) is 2.17. The SMILES string of the molecule is CCCCC(Cl)c1cc(Br)ccc1OC. The third kappa shape index (κ3) is 3.69. The van der Waals surface area contributed by atoms with Crippen molar-refractivity contribution < 1.29 is 4.74 Å². The Labute approximate surface area is 105 Å². The molecular weight excluding hydrogens is 275 g/mol. The molecule has 0 aromatic heterocycles. The Morgan fingerprint density at radius 2 is 2.20 bits per heavy atom. The van der Waals surface area contributed by atoms with Gasteiger partial charge in [0, 0.05) is 10.0 Å².